The zero-order chi connectivity index (χ0) is 17.5. The highest BCUT2D eigenvalue weighted by Gasteiger charge is 2.22. The van der Waals surface area contributed by atoms with E-state index < -0.39 is 0 Å². The van der Waals surface area contributed by atoms with Crippen LogP contribution in [0, 0.1) is 0 Å². The standard InChI is InChI=1S/C20H22O5/c1-2-23-20(21)16-8-9-18-19(12-16)25-17(14-24-18)10-11-22-13-15-6-4-3-5-7-15/h3-9,12,17H,2,10-11,13-14H2,1H3. The van der Waals surface area contributed by atoms with Crippen LogP contribution in [-0.2, 0) is 16.1 Å². The van der Waals surface area contributed by atoms with Crippen molar-refractivity contribution < 1.29 is 23.7 Å². The first-order valence-corrected chi connectivity index (χ1v) is 8.48. The zero-order valence-electron chi connectivity index (χ0n) is 14.3. The minimum Gasteiger partial charge on any atom is -0.486 e. The topological polar surface area (TPSA) is 54.0 Å². The SMILES string of the molecule is CCOC(=O)c1ccc2c(c1)OC(CCOCc1ccccc1)CO2. The van der Waals surface area contributed by atoms with E-state index in [0.717, 1.165) is 12.0 Å². The lowest BCUT2D eigenvalue weighted by Crippen LogP contribution is -2.30. The van der Waals surface area contributed by atoms with E-state index in [1.807, 2.05) is 30.3 Å². The van der Waals surface area contributed by atoms with Gasteiger partial charge in [-0.3, -0.25) is 0 Å². The largest absolute Gasteiger partial charge is 0.486 e. The molecule has 0 aliphatic carbocycles. The van der Waals surface area contributed by atoms with E-state index in [1.165, 1.54) is 0 Å². The van der Waals surface area contributed by atoms with Crippen molar-refractivity contribution in [1.82, 2.24) is 0 Å². The van der Waals surface area contributed by atoms with E-state index in [-0.39, 0.29) is 12.1 Å². The Hall–Kier alpha value is -2.53. The average Bonchev–Trinajstić information content (AvgIpc) is 2.65. The molecule has 1 aliphatic rings. The molecule has 0 amide bonds. The third kappa shape index (κ3) is 4.73. The van der Waals surface area contributed by atoms with Gasteiger partial charge in [0.25, 0.3) is 0 Å². The Morgan fingerprint density at radius 3 is 2.80 bits per heavy atom. The molecule has 2 aromatic rings. The number of hydrogen-bond donors (Lipinski definition) is 0. The monoisotopic (exact) mass is 342 g/mol. The second-order valence-corrected chi connectivity index (χ2v) is 5.76. The van der Waals surface area contributed by atoms with Crippen LogP contribution in [0.15, 0.2) is 48.5 Å². The lowest BCUT2D eigenvalue weighted by molar-refractivity contribution is 0.0431. The summed E-state index contributed by atoms with van der Waals surface area (Å²) < 4.78 is 22.4. The maximum atomic E-state index is 11.8. The van der Waals surface area contributed by atoms with Crippen LogP contribution < -0.4 is 9.47 Å². The summed E-state index contributed by atoms with van der Waals surface area (Å²) in [4.78, 5) is 11.8. The first kappa shape index (κ1) is 17.3. The Kier molecular flexibility index (Phi) is 5.90. The molecule has 2 aromatic carbocycles. The third-order valence-electron chi connectivity index (χ3n) is 3.87. The predicted molar refractivity (Wildman–Crippen MR) is 93.0 cm³/mol. The first-order chi connectivity index (χ1) is 12.3. The Morgan fingerprint density at radius 2 is 2.00 bits per heavy atom. The summed E-state index contributed by atoms with van der Waals surface area (Å²) >= 11 is 0. The smallest absolute Gasteiger partial charge is 0.338 e. The lowest BCUT2D eigenvalue weighted by Gasteiger charge is -2.26. The summed E-state index contributed by atoms with van der Waals surface area (Å²) in [5.74, 6) is 0.863. The Balaban J connectivity index is 1.50. The molecule has 1 atom stereocenters. The van der Waals surface area contributed by atoms with Crippen molar-refractivity contribution in [3.8, 4) is 11.5 Å². The minimum atomic E-state index is -0.359. The maximum absolute atomic E-state index is 11.8. The molecule has 132 valence electrons. The minimum absolute atomic E-state index is 0.0966. The van der Waals surface area contributed by atoms with Crippen LogP contribution in [0.2, 0.25) is 0 Å². The number of esters is 1. The first-order valence-electron chi connectivity index (χ1n) is 8.48. The molecule has 0 saturated carbocycles. The molecule has 0 spiro atoms. The van der Waals surface area contributed by atoms with Crippen molar-refractivity contribution in [2.24, 2.45) is 0 Å². The van der Waals surface area contributed by atoms with Gasteiger partial charge in [0.2, 0.25) is 0 Å². The van der Waals surface area contributed by atoms with Crippen molar-refractivity contribution in [2.45, 2.75) is 26.1 Å². The molecule has 0 N–H and O–H groups in total. The van der Waals surface area contributed by atoms with Gasteiger partial charge in [0.1, 0.15) is 12.7 Å². The van der Waals surface area contributed by atoms with Crippen molar-refractivity contribution in [3.63, 3.8) is 0 Å². The second-order valence-electron chi connectivity index (χ2n) is 5.76. The summed E-state index contributed by atoms with van der Waals surface area (Å²) in [5.41, 5.74) is 1.61. The summed E-state index contributed by atoms with van der Waals surface area (Å²) in [7, 11) is 0. The van der Waals surface area contributed by atoms with Gasteiger partial charge in [0, 0.05) is 6.42 Å². The van der Waals surface area contributed by atoms with Crippen LogP contribution in [0.3, 0.4) is 0 Å². The number of rotatable bonds is 7. The van der Waals surface area contributed by atoms with Gasteiger partial charge in [-0.1, -0.05) is 30.3 Å². The molecule has 5 heteroatoms. The average molecular weight is 342 g/mol. The van der Waals surface area contributed by atoms with Crippen molar-refractivity contribution in [1.29, 1.82) is 0 Å². The van der Waals surface area contributed by atoms with Crippen LogP contribution in [0.4, 0.5) is 0 Å². The van der Waals surface area contributed by atoms with E-state index in [4.69, 9.17) is 18.9 Å². The van der Waals surface area contributed by atoms with E-state index in [9.17, 15) is 4.79 Å². The van der Waals surface area contributed by atoms with Gasteiger partial charge < -0.3 is 18.9 Å². The number of fused-ring (bicyclic) bond motifs is 1. The Labute approximate surface area is 147 Å². The maximum Gasteiger partial charge on any atom is 0.338 e. The van der Waals surface area contributed by atoms with Crippen LogP contribution in [0.1, 0.15) is 29.3 Å². The third-order valence-corrected chi connectivity index (χ3v) is 3.87. The fourth-order valence-corrected chi connectivity index (χ4v) is 2.58. The molecule has 5 nitrogen and oxygen atoms in total. The normalized spacial score (nSPS) is 15.6. The summed E-state index contributed by atoms with van der Waals surface area (Å²) in [6.45, 7) is 3.75. The number of ether oxygens (including phenoxy) is 4. The molecule has 1 unspecified atom stereocenters. The number of carbonyl (C=O) groups excluding carboxylic acids is 1. The molecule has 25 heavy (non-hydrogen) atoms. The highest BCUT2D eigenvalue weighted by Crippen LogP contribution is 2.33. The van der Waals surface area contributed by atoms with E-state index >= 15 is 0 Å². The van der Waals surface area contributed by atoms with Crippen LogP contribution >= 0.6 is 0 Å². The summed E-state index contributed by atoms with van der Waals surface area (Å²) in [5, 5.41) is 0. The highest BCUT2D eigenvalue weighted by atomic mass is 16.6. The molecular formula is C20H22O5. The quantitative estimate of drug-likeness (QED) is 0.568. The van der Waals surface area contributed by atoms with Gasteiger partial charge in [-0.15, -0.1) is 0 Å². The van der Waals surface area contributed by atoms with Gasteiger partial charge >= 0.3 is 5.97 Å². The number of carbonyl (C=O) groups is 1. The van der Waals surface area contributed by atoms with E-state index in [0.29, 0.717) is 43.5 Å². The highest BCUT2D eigenvalue weighted by molar-refractivity contribution is 5.90. The van der Waals surface area contributed by atoms with Crippen molar-refractivity contribution >= 4 is 5.97 Å². The fourth-order valence-electron chi connectivity index (χ4n) is 2.58. The molecule has 3 rings (SSSR count). The Morgan fingerprint density at radius 1 is 1.16 bits per heavy atom. The lowest BCUT2D eigenvalue weighted by atomic mass is 10.1. The van der Waals surface area contributed by atoms with Crippen LogP contribution in [-0.4, -0.2) is 31.9 Å². The second kappa shape index (κ2) is 8.53. The molecule has 0 radical (unpaired) electrons. The van der Waals surface area contributed by atoms with Gasteiger partial charge in [-0.2, -0.15) is 0 Å². The van der Waals surface area contributed by atoms with E-state index in [1.54, 1.807) is 25.1 Å². The molecule has 0 aromatic heterocycles. The van der Waals surface area contributed by atoms with Crippen molar-refractivity contribution in [2.75, 3.05) is 19.8 Å². The van der Waals surface area contributed by atoms with Gasteiger partial charge in [-0.25, -0.2) is 4.79 Å². The van der Waals surface area contributed by atoms with Crippen molar-refractivity contribution in [3.05, 3.63) is 59.7 Å². The molecule has 1 heterocycles. The van der Waals surface area contributed by atoms with Crippen LogP contribution in [0.5, 0.6) is 11.5 Å². The molecule has 0 fully saturated rings. The van der Waals surface area contributed by atoms with Gasteiger partial charge in [0.15, 0.2) is 11.5 Å². The molecule has 1 aliphatic heterocycles. The summed E-state index contributed by atoms with van der Waals surface area (Å²) in [6.07, 6.45) is 0.622. The summed E-state index contributed by atoms with van der Waals surface area (Å²) in [6, 6.07) is 15.1. The Bertz CT molecular complexity index is 698. The molecule has 0 saturated heterocycles. The van der Waals surface area contributed by atoms with Gasteiger partial charge in [0.05, 0.1) is 25.4 Å². The zero-order valence-corrected chi connectivity index (χ0v) is 14.3. The van der Waals surface area contributed by atoms with Crippen LogP contribution in [0.25, 0.3) is 0 Å². The number of hydrogen-bond acceptors (Lipinski definition) is 5. The molecular weight excluding hydrogens is 320 g/mol. The van der Waals surface area contributed by atoms with E-state index in [2.05, 4.69) is 0 Å². The fraction of sp³-hybridized carbons (Fsp3) is 0.350. The van der Waals surface area contributed by atoms with Gasteiger partial charge in [-0.05, 0) is 30.7 Å². The predicted octanol–water partition coefficient (Wildman–Crippen LogP) is 3.61. The number of benzene rings is 2. The molecule has 0 bridgehead atoms.